The smallest absolute Gasteiger partial charge is 0.247 e. The van der Waals surface area contributed by atoms with Gasteiger partial charge in [-0.3, -0.25) is 14.4 Å². The Hall–Kier alpha value is -4.52. The standard InChI is InChI=1S/C33H33FN2O4/c1-24(2)18-19-35(31(37)17-14-25-8-4-3-5-9-25)22-32(38)36(20-26-12-15-28(34)16-13-26)21-27-23-40-30-11-7-6-10-29(30)33(27)39/h3-17,23-24H,18-22H2,1-2H3/b17-14+. The Bertz CT molecular complexity index is 1530. The summed E-state index contributed by atoms with van der Waals surface area (Å²) < 4.78 is 19.2. The molecule has 0 spiro atoms. The van der Waals surface area contributed by atoms with Crippen molar-refractivity contribution >= 4 is 28.9 Å². The highest BCUT2D eigenvalue weighted by atomic mass is 19.1. The van der Waals surface area contributed by atoms with E-state index in [4.69, 9.17) is 4.42 Å². The summed E-state index contributed by atoms with van der Waals surface area (Å²) >= 11 is 0. The lowest BCUT2D eigenvalue weighted by atomic mass is 10.1. The van der Waals surface area contributed by atoms with Crippen LogP contribution in [0.5, 0.6) is 0 Å². The molecule has 206 valence electrons. The molecule has 0 aliphatic heterocycles. The molecule has 0 saturated heterocycles. The summed E-state index contributed by atoms with van der Waals surface area (Å²) in [5.41, 5.74) is 2.13. The normalized spacial score (nSPS) is 11.3. The molecule has 0 N–H and O–H groups in total. The first kappa shape index (κ1) is 28.5. The number of carbonyl (C=O) groups excluding carboxylic acids is 2. The van der Waals surface area contributed by atoms with E-state index >= 15 is 0 Å². The molecule has 4 aromatic rings. The molecule has 7 heteroatoms. The van der Waals surface area contributed by atoms with Gasteiger partial charge in [-0.05, 0) is 53.8 Å². The van der Waals surface area contributed by atoms with Gasteiger partial charge in [0.25, 0.3) is 0 Å². The molecule has 6 nitrogen and oxygen atoms in total. The van der Waals surface area contributed by atoms with Gasteiger partial charge in [0.1, 0.15) is 17.9 Å². The van der Waals surface area contributed by atoms with Crippen molar-refractivity contribution < 1.29 is 18.4 Å². The Morgan fingerprint density at radius 1 is 0.900 bits per heavy atom. The highest BCUT2D eigenvalue weighted by Gasteiger charge is 2.22. The zero-order valence-electron chi connectivity index (χ0n) is 22.8. The number of para-hydroxylation sites is 1. The van der Waals surface area contributed by atoms with Crippen molar-refractivity contribution in [2.24, 2.45) is 5.92 Å². The third kappa shape index (κ3) is 7.76. The Morgan fingerprint density at radius 3 is 2.33 bits per heavy atom. The molecule has 0 saturated carbocycles. The minimum absolute atomic E-state index is 0.0184. The van der Waals surface area contributed by atoms with Crippen LogP contribution in [0.25, 0.3) is 17.0 Å². The van der Waals surface area contributed by atoms with Gasteiger partial charge in [-0.2, -0.15) is 0 Å². The first-order valence-electron chi connectivity index (χ1n) is 13.3. The summed E-state index contributed by atoms with van der Waals surface area (Å²) in [6, 6.07) is 22.3. The van der Waals surface area contributed by atoms with E-state index in [1.807, 2.05) is 30.3 Å². The number of hydrogen-bond acceptors (Lipinski definition) is 4. The molecular formula is C33H33FN2O4. The lowest BCUT2D eigenvalue weighted by Gasteiger charge is -2.28. The molecule has 2 amide bonds. The molecule has 40 heavy (non-hydrogen) atoms. The number of rotatable bonds is 11. The lowest BCUT2D eigenvalue weighted by Crippen LogP contribution is -2.43. The summed E-state index contributed by atoms with van der Waals surface area (Å²) in [6.45, 7) is 4.48. The fourth-order valence-electron chi connectivity index (χ4n) is 4.26. The number of hydrogen-bond donors (Lipinski definition) is 0. The number of amides is 2. The maximum Gasteiger partial charge on any atom is 0.247 e. The zero-order valence-corrected chi connectivity index (χ0v) is 22.8. The van der Waals surface area contributed by atoms with E-state index in [9.17, 15) is 18.8 Å². The third-order valence-electron chi connectivity index (χ3n) is 6.58. The summed E-state index contributed by atoms with van der Waals surface area (Å²) in [4.78, 5) is 43.2. The van der Waals surface area contributed by atoms with Gasteiger partial charge >= 0.3 is 0 Å². The van der Waals surface area contributed by atoms with Gasteiger partial charge < -0.3 is 14.2 Å². The van der Waals surface area contributed by atoms with E-state index in [1.165, 1.54) is 34.3 Å². The van der Waals surface area contributed by atoms with Crippen molar-refractivity contribution in [1.82, 2.24) is 9.80 Å². The third-order valence-corrected chi connectivity index (χ3v) is 6.58. The van der Waals surface area contributed by atoms with Crippen molar-refractivity contribution in [1.29, 1.82) is 0 Å². The highest BCUT2D eigenvalue weighted by Crippen LogP contribution is 2.15. The molecule has 0 radical (unpaired) electrons. The molecule has 0 unspecified atom stereocenters. The molecule has 0 aliphatic carbocycles. The SMILES string of the molecule is CC(C)CCN(CC(=O)N(Cc1ccc(F)cc1)Cc1coc2ccccc2c1=O)C(=O)/C=C/c1ccccc1. The van der Waals surface area contributed by atoms with E-state index in [1.54, 1.807) is 42.5 Å². The van der Waals surface area contributed by atoms with Gasteiger partial charge in [-0.1, -0.05) is 68.4 Å². The van der Waals surface area contributed by atoms with Crippen molar-refractivity contribution in [3.05, 3.63) is 124 Å². The Kier molecular flexibility index (Phi) is 9.62. The van der Waals surface area contributed by atoms with Crippen LogP contribution in [0.2, 0.25) is 0 Å². The number of fused-ring (bicyclic) bond motifs is 1. The molecule has 0 atom stereocenters. The Morgan fingerprint density at radius 2 is 1.60 bits per heavy atom. The van der Waals surface area contributed by atoms with Crippen LogP contribution >= 0.6 is 0 Å². The van der Waals surface area contributed by atoms with Crippen LogP contribution in [0, 0.1) is 11.7 Å². The highest BCUT2D eigenvalue weighted by molar-refractivity contribution is 5.94. The van der Waals surface area contributed by atoms with Crippen LogP contribution in [0.1, 0.15) is 37.0 Å². The maximum absolute atomic E-state index is 13.7. The molecule has 0 aliphatic rings. The predicted molar refractivity (Wildman–Crippen MR) is 155 cm³/mol. The zero-order chi connectivity index (χ0) is 28.5. The molecule has 3 aromatic carbocycles. The summed E-state index contributed by atoms with van der Waals surface area (Å²) in [5, 5.41) is 0.425. The lowest BCUT2D eigenvalue weighted by molar-refractivity contribution is -0.139. The average Bonchev–Trinajstić information content (AvgIpc) is 2.96. The van der Waals surface area contributed by atoms with E-state index in [2.05, 4.69) is 13.8 Å². The van der Waals surface area contributed by atoms with Crippen molar-refractivity contribution in [3.63, 3.8) is 0 Å². The second-order valence-corrected chi connectivity index (χ2v) is 10.1. The van der Waals surface area contributed by atoms with Gasteiger partial charge in [0, 0.05) is 19.2 Å². The van der Waals surface area contributed by atoms with E-state index < -0.39 is 0 Å². The van der Waals surface area contributed by atoms with Gasteiger partial charge in [0.2, 0.25) is 11.8 Å². The second-order valence-electron chi connectivity index (χ2n) is 10.1. The maximum atomic E-state index is 13.7. The fourth-order valence-corrected chi connectivity index (χ4v) is 4.26. The largest absolute Gasteiger partial charge is 0.464 e. The summed E-state index contributed by atoms with van der Waals surface area (Å²) in [7, 11) is 0. The topological polar surface area (TPSA) is 70.8 Å². The number of carbonyl (C=O) groups is 2. The first-order valence-corrected chi connectivity index (χ1v) is 13.3. The van der Waals surface area contributed by atoms with E-state index in [0.29, 0.717) is 34.6 Å². The number of nitrogens with zero attached hydrogens (tertiary/aromatic N) is 2. The van der Waals surface area contributed by atoms with E-state index in [0.717, 1.165) is 12.0 Å². The van der Waals surface area contributed by atoms with Crippen LogP contribution in [-0.2, 0) is 22.7 Å². The molecule has 1 heterocycles. The van der Waals surface area contributed by atoms with Crippen molar-refractivity contribution in [2.45, 2.75) is 33.4 Å². The summed E-state index contributed by atoms with van der Waals surface area (Å²) in [6.07, 6.45) is 5.31. The molecule has 4 rings (SSSR count). The van der Waals surface area contributed by atoms with Crippen LogP contribution in [0.3, 0.4) is 0 Å². The van der Waals surface area contributed by atoms with E-state index in [-0.39, 0.29) is 42.7 Å². The minimum atomic E-state index is -0.382. The van der Waals surface area contributed by atoms with Gasteiger partial charge in [-0.15, -0.1) is 0 Å². The molecular weight excluding hydrogens is 507 g/mol. The summed E-state index contributed by atoms with van der Waals surface area (Å²) in [5.74, 6) is -0.652. The van der Waals surface area contributed by atoms with Crippen LogP contribution in [0.15, 0.2) is 100 Å². The monoisotopic (exact) mass is 540 g/mol. The van der Waals surface area contributed by atoms with Gasteiger partial charge in [0.05, 0.1) is 23.8 Å². The quantitative estimate of drug-likeness (QED) is 0.217. The molecule has 0 fully saturated rings. The number of benzene rings is 3. The molecule has 1 aromatic heterocycles. The average molecular weight is 541 g/mol. The van der Waals surface area contributed by atoms with Crippen LogP contribution in [0.4, 0.5) is 4.39 Å². The fraction of sp³-hybridized carbons (Fsp3) is 0.242. The van der Waals surface area contributed by atoms with Crippen LogP contribution < -0.4 is 5.43 Å². The Balaban J connectivity index is 1.60. The van der Waals surface area contributed by atoms with Gasteiger partial charge in [0.15, 0.2) is 5.43 Å². The van der Waals surface area contributed by atoms with Crippen molar-refractivity contribution in [3.8, 4) is 0 Å². The minimum Gasteiger partial charge on any atom is -0.464 e. The predicted octanol–water partition coefficient (Wildman–Crippen LogP) is 6.05. The van der Waals surface area contributed by atoms with Crippen LogP contribution in [-0.4, -0.2) is 34.7 Å². The Labute approximate surface area is 233 Å². The second kappa shape index (κ2) is 13.5. The van der Waals surface area contributed by atoms with Crippen molar-refractivity contribution in [2.75, 3.05) is 13.1 Å². The van der Waals surface area contributed by atoms with Gasteiger partial charge in [-0.25, -0.2) is 4.39 Å². The first-order chi connectivity index (χ1) is 19.3. The molecule has 0 bridgehead atoms. The number of halogens is 1.